The van der Waals surface area contributed by atoms with Crippen LogP contribution in [-0.2, 0) is 22.3 Å². The third kappa shape index (κ3) is 4.10. The van der Waals surface area contributed by atoms with Crippen LogP contribution in [0.1, 0.15) is 32.2 Å². The Bertz CT molecular complexity index is 538. The standard InChI is InChI=1S/C16H26N4O3/c1-5-11-8-17-12(6-2)15(18-11)19-13-9-20(16(21)22-4)10-14(13)23-7-3/h8,13-14H,5-7,9-10H2,1-4H3,(H,18,19)/t13?,14-/m0/s1. The zero-order valence-electron chi connectivity index (χ0n) is 14.3. The van der Waals surface area contributed by atoms with Crippen molar-refractivity contribution in [2.45, 2.75) is 45.8 Å². The molecule has 1 aromatic rings. The lowest BCUT2D eigenvalue weighted by atomic mass is 10.2. The van der Waals surface area contributed by atoms with Gasteiger partial charge in [0.05, 0.1) is 37.2 Å². The van der Waals surface area contributed by atoms with E-state index in [9.17, 15) is 4.79 Å². The van der Waals surface area contributed by atoms with Crippen molar-refractivity contribution in [2.75, 3.05) is 32.1 Å². The predicted octanol–water partition coefficient (Wildman–Crippen LogP) is 1.87. The summed E-state index contributed by atoms with van der Waals surface area (Å²) in [6, 6.07) is -0.0271. The minimum atomic E-state index is -0.330. The number of likely N-dealkylation sites (tertiary alicyclic amines) is 1. The lowest BCUT2D eigenvalue weighted by molar-refractivity contribution is 0.0613. The molecule has 1 fully saturated rings. The smallest absolute Gasteiger partial charge is 0.409 e. The molecule has 1 aromatic heterocycles. The summed E-state index contributed by atoms with van der Waals surface area (Å²) >= 11 is 0. The minimum Gasteiger partial charge on any atom is -0.453 e. The van der Waals surface area contributed by atoms with Gasteiger partial charge in [-0.15, -0.1) is 0 Å². The second kappa shape index (κ2) is 8.10. The molecule has 0 radical (unpaired) electrons. The average molecular weight is 322 g/mol. The van der Waals surface area contributed by atoms with Crippen LogP contribution < -0.4 is 5.32 Å². The third-order valence-electron chi connectivity index (χ3n) is 4.00. The Kier molecular flexibility index (Phi) is 6.15. The highest BCUT2D eigenvalue weighted by Crippen LogP contribution is 2.21. The highest BCUT2D eigenvalue weighted by Gasteiger charge is 2.37. The van der Waals surface area contributed by atoms with Gasteiger partial charge in [0.1, 0.15) is 5.82 Å². The fraction of sp³-hybridized carbons (Fsp3) is 0.688. The Labute approximate surface area is 137 Å². The van der Waals surface area contributed by atoms with E-state index in [4.69, 9.17) is 9.47 Å². The van der Waals surface area contributed by atoms with E-state index < -0.39 is 0 Å². The lowest BCUT2D eigenvalue weighted by Crippen LogP contribution is -2.35. The number of hydrogen-bond donors (Lipinski definition) is 1. The fourth-order valence-electron chi connectivity index (χ4n) is 2.74. The maximum atomic E-state index is 11.8. The molecule has 0 bridgehead atoms. The Hall–Kier alpha value is -1.89. The molecule has 1 N–H and O–H groups in total. The maximum absolute atomic E-state index is 11.8. The van der Waals surface area contributed by atoms with Gasteiger partial charge in [0.2, 0.25) is 0 Å². The predicted molar refractivity (Wildman–Crippen MR) is 87.6 cm³/mol. The molecular formula is C16H26N4O3. The molecule has 1 aliphatic rings. The van der Waals surface area contributed by atoms with Crippen molar-refractivity contribution in [3.05, 3.63) is 17.6 Å². The molecule has 1 aliphatic heterocycles. The molecule has 0 aromatic carbocycles. The van der Waals surface area contributed by atoms with Gasteiger partial charge >= 0.3 is 6.09 Å². The molecule has 1 unspecified atom stereocenters. The number of nitrogens with one attached hydrogen (secondary N) is 1. The highest BCUT2D eigenvalue weighted by atomic mass is 16.5. The number of amides is 1. The van der Waals surface area contributed by atoms with Crippen LogP contribution in [-0.4, -0.2) is 59.9 Å². The largest absolute Gasteiger partial charge is 0.453 e. The van der Waals surface area contributed by atoms with Crippen molar-refractivity contribution in [2.24, 2.45) is 0 Å². The van der Waals surface area contributed by atoms with Gasteiger partial charge in [0, 0.05) is 19.3 Å². The van der Waals surface area contributed by atoms with Crippen LogP contribution in [0.5, 0.6) is 0 Å². The van der Waals surface area contributed by atoms with Crippen LogP contribution in [0.3, 0.4) is 0 Å². The topological polar surface area (TPSA) is 76.6 Å². The Morgan fingerprint density at radius 2 is 2.13 bits per heavy atom. The summed E-state index contributed by atoms with van der Waals surface area (Å²) in [7, 11) is 1.39. The molecule has 128 valence electrons. The van der Waals surface area contributed by atoms with Crippen molar-refractivity contribution in [3.8, 4) is 0 Å². The highest BCUT2D eigenvalue weighted by molar-refractivity contribution is 5.68. The van der Waals surface area contributed by atoms with Crippen molar-refractivity contribution < 1.29 is 14.3 Å². The summed E-state index contributed by atoms with van der Waals surface area (Å²) in [5.41, 5.74) is 1.87. The Balaban J connectivity index is 2.17. The first kappa shape index (κ1) is 17.5. The van der Waals surface area contributed by atoms with Crippen LogP contribution in [0.25, 0.3) is 0 Å². The number of carbonyl (C=O) groups is 1. The number of rotatable bonds is 6. The zero-order chi connectivity index (χ0) is 16.8. The maximum Gasteiger partial charge on any atom is 0.409 e. The summed E-state index contributed by atoms with van der Waals surface area (Å²) in [4.78, 5) is 22.6. The summed E-state index contributed by atoms with van der Waals surface area (Å²) in [6.45, 7) is 7.69. The molecule has 2 rings (SSSR count). The first-order valence-electron chi connectivity index (χ1n) is 8.18. The van der Waals surface area contributed by atoms with Crippen molar-refractivity contribution in [1.82, 2.24) is 14.9 Å². The van der Waals surface area contributed by atoms with Crippen LogP contribution in [0.4, 0.5) is 10.6 Å². The van der Waals surface area contributed by atoms with Crippen LogP contribution in [0, 0.1) is 0 Å². The number of ether oxygens (including phenoxy) is 2. The lowest BCUT2D eigenvalue weighted by Gasteiger charge is -2.21. The van der Waals surface area contributed by atoms with Gasteiger partial charge in [0.15, 0.2) is 0 Å². The van der Waals surface area contributed by atoms with Crippen molar-refractivity contribution in [3.63, 3.8) is 0 Å². The second-order valence-electron chi connectivity index (χ2n) is 5.48. The molecule has 0 saturated carbocycles. The second-order valence-corrected chi connectivity index (χ2v) is 5.48. The number of aromatic nitrogens is 2. The van der Waals surface area contributed by atoms with E-state index in [1.807, 2.05) is 13.1 Å². The average Bonchev–Trinajstić information content (AvgIpc) is 2.97. The van der Waals surface area contributed by atoms with E-state index in [0.717, 1.165) is 30.0 Å². The zero-order valence-corrected chi connectivity index (χ0v) is 14.3. The van der Waals surface area contributed by atoms with Gasteiger partial charge < -0.3 is 19.7 Å². The van der Waals surface area contributed by atoms with E-state index in [0.29, 0.717) is 19.7 Å². The number of aryl methyl sites for hydroxylation is 2. The van der Waals surface area contributed by atoms with E-state index >= 15 is 0 Å². The molecule has 0 spiro atoms. The Morgan fingerprint density at radius 3 is 2.74 bits per heavy atom. The molecule has 2 heterocycles. The quantitative estimate of drug-likeness (QED) is 0.861. The minimum absolute atomic E-state index is 0.0271. The van der Waals surface area contributed by atoms with Crippen molar-refractivity contribution >= 4 is 11.9 Å². The molecule has 7 heteroatoms. The first-order chi connectivity index (χ1) is 11.1. The van der Waals surface area contributed by atoms with Gasteiger partial charge in [-0.05, 0) is 19.8 Å². The number of hydrogen-bond acceptors (Lipinski definition) is 6. The SMILES string of the molecule is CCO[C@H]1CN(C(=O)OC)CC1Nc1nc(CC)cnc1CC. The van der Waals surface area contributed by atoms with Crippen LogP contribution >= 0.6 is 0 Å². The number of methoxy groups -OCH3 is 1. The molecule has 2 atom stereocenters. The van der Waals surface area contributed by atoms with Crippen molar-refractivity contribution in [1.29, 1.82) is 0 Å². The molecule has 1 saturated heterocycles. The Morgan fingerprint density at radius 1 is 1.35 bits per heavy atom. The van der Waals surface area contributed by atoms with E-state index in [2.05, 4.69) is 29.1 Å². The summed E-state index contributed by atoms with van der Waals surface area (Å²) in [5, 5.41) is 3.43. The summed E-state index contributed by atoms with van der Waals surface area (Å²) in [6.07, 6.45) is 3.03. The number of anilines is 1. The molecule has 1 amide bonds. The molecule has 0 aliphatic carbocycles. The first-order valence-corrected chi connectivity index (χ1v) is 8.18. The summed E-state index contributed by atoms with van der Waals surface area (Å²) in [5.74, 6) is 0.785. The molecule has 23 heavy (non-hydrogen) atoms. The van der Waals surface area contributed by atoms with Crippen LogP contribution in [0.2, 0.25) is 0 Å². The van der Waals surface area contributed by atoms with Gasteiger partial charge in [-0.25, -0.2) is 9.78 Å². The number of carbonyl (C=O) groups excluding carboxylic acids is 1. The van der Waals surface area contributed by atoms with Gasteiger partial charge in [0.25, 0.3) is 0 Å². The van der Waals surface area contributed by atoms with Crippen LogP contribution in [0.15, 0.2) is 6.20 Å². The third-order valence-corrected chi connectivity index (χ3v) is 4.00. The number of nitrogens with zero attached hydrogens (tertiary/aromatic N) is 3. The van der Waals surface area contributed by atoms with E-state index in [1.165, 1.54) is 7.11 Å². The van der Waals surface area contributed by atoms with Gasteiger partial charge in [-0.1, -0.05) is 13.8 Å². The normalized spacial score (nSPS) is 20.6. The molecular weight excluding hydrogens is 296 g/mol. The molecule has 7 nitrogen and oxygen atoms in total. The summed E-state index contributed by atoms with van der Waals surface area (Å²) < 4.78 is 10.6. The van der Waals surface area contributed by atoms with Gasteiger partial charge in [-0.3, -0.25) is 4.98 Å². The monoisotopic (exact) mass is 322 g/mol. The van der Waals surface area contributed by atoms with Gasteiger partial charge in [-0.2, -0.15) is 0 Å². The van der Waals surface area contributed by atoms with E-state index in [-0.39, 0.29) is 18.2 Å². The fourth-order valence-corrected chi connectivity index (χ4v) is 2.74. The van der Waals surface area contributed by atoms with E-state index in [1.54, 1.807) is 4.90 Å².